The maximum Gasteiger partial charge on any atom is 0.226 e. The second-order valence-electron chi connectivity index (χ2n) is 5.38. The zero-order valence-electron chi connectivity index (χ0n) is 13.3. The quantitative estimate of drug-likeness (QED) is 0.345. The predicted octanol–water partition coefficient (Wildman–Crippen LogP) is 5.04. The first-order valence-corrected chi connectivity index (χ1v) is 9.41. The molecule has 0 saturated carbocycles. The van der Waals surface area contributed by atoms with Gasteiger partial charge in [0.1, 0.15) is 5.03 Å². The van der Waals surface area contributed by atoms with Crippen LogP contribution in [0.1, 0.15) is 11.8 Å². The van der Waals surface area contributed by atoms with Gasteiger partial charge in [-0.2, -0.15) is 0 Å². The van der Waals surface area contributed by atoms with Gasteiger partial charge < -0.3 is 4.42 Å². The average molecular weight is 413 g/mol. The molecule has 0 saturated heterocycles. The molecule has 0 unspecified atom stereocenters. The molecular formula is C18H13BrN4OS. The van der Waals surface area contributed by atoms with Crippen LogP contribution < -0.4 is 0 Å². The van der Waals surface area contributed by atoms with Crippen LogP contribution in [0.2, 0.25) is 0 Å². The van der Waals surface area contributed by atoms with Crippen molar-refractivity contribution in [3.8, 4) is 11.4 Å². The second-order valence-corrected chi connectivity index (χ2v) is 7.26. The van der Waals surface area contributed by atoms with E-state index in [0.29, 0.717) is 23.4 Å². The smallest absolute Gasteiger partial charge is 0.226 e. The zero-order chi connectivity index (χ0) is 17.2. The van der Waals surface area contributed by atoms with Crippen LogP contribution in [-0.2, 0) is 5.75 Å². The van der Waals surface area contributed by atoms with Gasteiger partial charge in [0.2, 0.25) is 11.8 Å². The topological polar surface area (TPSA) is 64.7 Å². The number of nitrogens with zero attached hydrogens (tertiary/aromatic N) is 4. The summed E-state index contributed by atoms with van der Waals surface area (Å²) in [5, 5.41) is 9.83. The third kappa shape index (κ3) is 3.57. The molecule has 2 heterocycles. The fraction of sp³-hybridized carbons (Fsp3) is 0.111. The van der Waals surface area contributed by atoms with Gasteiger partial charge in [0.05, 0.1) is 11.3 Å². The van der Waals surface area contributed by atoms with Crippen LogP contribution >= 0.6 is 27.7 Å². The molecule has 25 heavy (non-hydrogen) atoms. The van der Waals surface area contributed by atoms with E-state index in [1.165, 1.54) is 0 Å². The van der Waals surface area contributed by atoms with Crippen LogP contribution in [0.4, 0.5) is 0 Å². The van der Waals surface area contributed by atoms with E-state index in [4.69, 9.17) is 14.4 Å². The lowest BCUT2D eigenvalue weighted by Gasteiger charge is -2.08. The van der Waals surface area contributed by atoms with Gasteiger partial charge in [0.15, 0.2) is 5.82 Å². The third-order valence-electron chi connectivity index (χ3n) is 3.57. The molecule has 0 bridgehead atoms. The first-order valence-electron chi connectivity index (χ1n) is 7.63. The number of fused-ring (bicyclic) bond motifs is 1. The summed E-state index contributed by atoms with van der Waals surface area (Å²) in [6.45, 7) is 1.78. The Morgan fingerprint density at radius 3 is 2.56 bits per heavy atom. The fourth-order valence-electron chi connectivity index (χ4n) is 2.41. The molecule has 0 aliphatic rings. The molecule has 4 aromatic rings. The molecule has 0 N–H and O–H groups in total. The van der Waals surface area contributed by atoms with Crippen molar-refractivity contribution in [3.63, 3.8) is 0 Å². The maximum absolute atomic E-state index is 5.45. The van der Waals surface area contributed by atoms with Crippen LogP contribution in [0.5, 0.6) is 0 Å². The predicted molar refractivity (Wildman–Crippen MR) is 101 cm³/mol. The molecule has 0 aliphatic carbocycles. The van der Waals surface area contributed by atoms with Crippen molar-refractivity contribution in [2.24, 2.45) is 0 Å². The summed E-state index contributed by atoms with van der Waals surface area (Å²) in [7, 11) is 0. The van der Waals surface area contributed by atoms with Crippen LogP contribution in [0, 0.1) is 6.92 Å². The first-order chi connectivity index (χ1) is 12.2. The standard InChI is InChI=1S/C18H13BrN4OS/c1-11-22-23-16(24-11)10-25-18-14-4-2-3-5-15(14)20-17(21-18)12-6-8-13(19)9-7-12/h2-9H,10H2,1H3. The van der Waals surface area contributed by atoms with Gasteiger partial charge in [-0.25, -0.2) is 9.97 Å². The van der Waals surface area contributed by atoms with Crippen LogP contribution in [0.15, 0.2) is 62.4 Å². The Labute approximate surface area is 157 Å². The maximum atomic E-state index is 5.45. The van der Waals surface area contributed by atoms with E-state index in [-0.39, 0.29) is 0 Å². The van der Waals surface area contributed by atoms with E-state index in [0.717, 1.165) is 26.0 Å². The van der Waals surface area contributed by atoms with Crippen molar-refractivity contribution in [1.29, 1.82) is 0 Å². The van der Waals surface area contributed by atoms with E-state index in [9.17, 15) is 0 Å². The van der Waals surface area contributed by atoms with Crippen molar-refractivity contribution in [1.82, 2.24) is 20.2 Å². The van der Waals surface area contributed by atoms with E-state index < -0.39 is 0 Å². The molecule has 0 radical (unpaired) electrons. The Hall–Kier alpha value is -2.25. The van der Waals surface area contributed by atoms with Gasteiger partial charge in [-0.3, -0.25) is 0 Å². The van der Waals surface area contributed by atoms with E-state index in [1.54, 1.807) is 18.7 Å². The molecule has 0 atom stereocenters. The Morgan fingerprint density at radius 2 is 1.80 bits per heavy atom. The summed E-state index contributed by atoms with van der Waals surface area (Å²) >= 11 is 5.03. The number of hydrogen-bond acceptors (Lipinski definition) is 6. The minimum atomic E-state index is 0.568. The number of hydrogen-bond donors (Lipinski definition) is 0. The minimum Gasteiger partial charge on any atom is -0.425 e. The molecule has 2 aromatic carbocycles. The minimum absolute atomic E-state index is 0.568. The largest absolute Gasteiger partial charge is 0.425 e. The highest BCUT2D eigenvalue weighted by Gasteiger charge is 2.12. The average Bonchev–Trinajstić information content (AvgIpc) is 3.05. The van der Waals surface area contributed by atoms with Crippen LogP contribution in [0.3, 0.4) is 0 Å². The van der Waals surface area contributed by atoms with E-state index >= 15 is 0 Å². The molecule has 124 valence electrons. The second kappa shape index (κ2) is 6.93. The monoisotopic (exact) mass is 412 g/mol. The number of thioether (sulfide) groups is 1. The Balaban J connectivity index is 1.74. The van der Waals surface area contributed by atoms with Gasteiger partial charge in [-0.05, 0) is 18.2 Å². The molecule has 0 aliphatic heterocycles. The molecule has 0 fully saturated rings. The number of para-hydroxylation sites is 1. The van der Waals surface area contributed by atoms with Crippen LogP contribution in [-0.4, -0.2) is 20.2 Å². The Morgan fingerprint density at radius 1 is 1.00 bits per heavy atom. The highest BCUT2D eigenvalue weighted by Crippen LogP contribution is 2.30. The number of halogens is 1. The molecular weight excluding hydrogens is 400 g/mol. The fourth-order valence-corrected chi connectivity index (χ4v) is 3.53. The zero-order valence-corrected chi connectivity index (χ0v) is 15.7. The van der Waals surface area contributed by atoms with Crippen molar-refractivity contribution < 1.29 is 4.42 Å². The lowest BCUT2D eigenvalue weighted by atomic mass is 10.2. The molecule has 5 nitrogen and oxygen atoms in total. The summed E-state index contributed by atoms with van der Waals surface area (Å²) < 4.78 is 6.48. The number of rotatable bonds is 4. The van der Waals surface area contributed by atoms with E-state index in [1.807, 2.05) is 48.5 Å². The summed E-state index contributed by atoms with van der Waals surface area (Å²) in [5.74, 6) is 2.44. The van der Waals surface area contributed by atoms with Crippen LogP contribution in [0.25, 0.3) is 22.3 Å². The molecule has 4 rings (SSSR count). The molecule has 2 aromatic heterocycles. The number of aromatic nitrogens is 4. The van der Waals surface area contributed by atoms with Gasteiger partial charge in [-0.1, -0.05) is 58.0 Å². The Kier molecular flexibility index (Phi) is 4.50. The normalized spacial score (nSPS) is 11.1. The highest BCUT2D eigenvalue weighted by atomic mass is 79.9. The van der Waals surface area contributed by atoms with Gasteiger partial charge in [-0.15, -0.1) is 10.2 Å². The van der Waals surface area contributed by atoms with E-state index in [2.05, 4.69) is 26.1 Å². The van der Waals surface area contributed by atoms with Gasteiger partial charge in [0, 0.05) is 22.3 Å². The number of aryl methyl sites for hydroxylation is 1. The van der Waals surface area contributed by atoms with Crippen molar-refractivity contribution >= 4 is 38.6 Å². The highest BCUT2D eigenvalue weighted by molar-refractivity contribution is 9.10. The van der Waals surface area contributed by atoms with Crippen molar-refractivity contribution in [2.75, 3.05) is 0 Å². The third-order valence-corrected chi connectivity index (χ3v) is 5.08. The summed E-state index contributed by atoms with van der Waals surface area (Å²) in [4.78, 5) is 9.47. The first kappa shape index (κ1) is 16.2. The molecule has 0 spiro atoms. The molecule has 7 heteroatoms. The lowest BCUT2D eigenvalue weighted by molar-refractivity contribution is 0.485. The SMILES string of the molecule is Cc1nnc(CSc2nc(-c3ccc(Br)cc3)nc3ccccc23)o1. The molecule has 0 amide bonds. The Bertz CT molecular complexity index is 1030. The lowest BCUT2D eigenvalue weighted by Crippen LogP contribution is -1.94. The van der Waals surface area contributed by atoms with Crippen molar-refractivity contribution in [3.05, 3.63) is 64.8 Å². The summed E-state index contributed by atoms with van der Waals surface area (Å²) in [6, 6.07) is 16.0. The van der Waals surface area contributed by atoms with Gasteiger partial charge in [0.25, 0.3) is 0 Å². The van der Waals surface area contributed by atoms with Crippen molar-refractivity contribution in [2.45, 2.75) is 17.7 Å². The van der Waals surface area contributed by atoms with Gasteiger partial charge >= 0.3 is 0 Å². The summed E-state index contributed by atoms with van der Waals surface area (Å²) in [6.07, 6.45) is 0. The number of benzene rings is 2. The summed E-state index contributed by atoms with van der Waals surface area (Å²) in [5.41, 5.74) is 1.89.